The highest BCUT2D eigenvalue weighted by atomic mass is 16.7. The summed E-state index contributed by atoms with van der Waals surface area (Å²) in [5.74, 6) is -0.0749. The molecule has 2 saturated carbocycles. The van der Waals surface area contributed by atoms with Gasteiger partial charge < -0.3 is 14.2 Å². The number of esters is 2. The summed E-state index contributed by atoms with van der Waals surface area (Å²) >= 11 is 0. The van der Waals surface area contributed by atoms with Crippen molar-refractivity contribution in [3.63, 3.8) is 0 Å². The van der Waals surface area contributed by atoms with Crippen LogP contribution >= 0.6 is 0 Å². The third-order valence-electron chi connectivity index (χ3n) is 8.12. The molecule has 3 fully saturated rings. The highest BCUT2D eigenvalue weighted by molar-refractivity contribution is 5.94. The van der Waals surface area contributed by atoms with Crippen molar-refractivity contribution in [2.75, 3.05) is 0 Å². The van der Waals surface area contributed by atoms with Crippen LogP contribution in [0.15, 0.2) is 35.1 Å². The fourth-order valence-electron chi connectivity index (χ4n) is 6.88. The minimum Gasteiger partial charge on any atom is -0.458 e. The molecule has 5 heteroatoms. The van der Waals surface area contributed by atoms with E-state index in [4.69, 9.17) is 14.2 Å². The number of rotatable bonds is 2. The highest BCUT2D eigenvalue weighted by Crippen LogP contribution is 2.68. The lowest BCUT2D eigenvalue weighted by Crippen LogP contribution is -2.50. The molecule has 28 heavy (non-hydrogen) atoms. The molecule has 0 radical (unpaired) electrons. The molecular weight excluding hydrogens is 356 g/mol. The molecule has 5 aliphatic rings. The number of ether oxygens (including phenoxy) is 3. The fraction of sp³-hybridized carbons (Fsp3) is 0.652. The summed E-state index contributed by atoms with van der Waals surface area (Å²) in [4.78, 5) is 24.8. The average Bonchev–Trinajstić information content (AvgIpc) is 3.31. The van der Waals surface area contributed by atoms with Gasteiger partial charge in [0.15, 0.2) is 0 Å². The summed E-state index contributed by atoms with van der Waals surface area (Å²) in [6.07, 6.45) is 9.35. The molecule has 2 aliphatic heterocycles. The topological polar surface area (TPSA) is 61.8 Å². The molecule has 0 aromatic rings. The van der Waals surface area contributed by atoms with Gasteiger partial charge in [-0.25, -0.2) is 9.59 Å². The Bertz CT molecular complexity index is 862. The first-order valence-corrected chi connectivity index (χ1v) is 10.4. The Hall–Kier alpha value is -2.04. The number of carbonyl (C=O) groups excluding carboxylic acids is 2. The van der Waals surface area contributed by atoms with E-state index in [0.29, 0.717) is 23.5 Å². The molecule has 3 aliphatic carbocycles. The summed E-state index contributed by atoms with van der Waals surface area (Å²) in [6.45, 7) is 9.09. The number of hydrogen-bond donors (Lipinski definition) is 0. The van der Waals surface area contributed by atoms with E-state index in [1.165, 1.54) is 6.26 Å². The van der Waals surface area contributed by atoms with E-state index in [0.717, 1.165) is 31.3 Å². The molecule has 0 amide bonds. The number of cyclic esters (lactones) is 1. The van der Waals surface area contributed by atoms with Crippen molar-refractivity contribution in [2.24, 2.45) is 22.7 Å². The number of carbonyl (C=O) groups is 2. The van der Waals surface area contributed by atoms with Gasteiger partial charge >= 0.3 is 11.9 Å². The van der Waals surface area contributed by atoms with Crippen molar-refractivity contribution in [1.29, 1.82) is 0 Å². The van der Waals surface area contributed by atoms with E-state index in [9.17, 15) is 9.59 Å². The van der Waals surface area contributed by atoms with E-state index < -0.39 is 11.9 Å². The quantitative estimate of drug-likeness (QED) is 0.406. The molecule has 0 N–H and O–H groups in total. The molecule has 1 saturated heterocycles. The van der Waals surface area contributed by atoms with Gasteiger partial charge in [-0.2, -0.15) is 0 Å². The van der Waals surface area contributed by atoms with Crippen LogP contribution in [0.1, 0.15) is 59.8 Å². The zero-order chi connectivity index (χ0) is 19.9. The maximum absolute atomic E-state index is 12.8. The lowest BCUT2D eigenvalue weighted by Gasteiger charge is -2.51. The van der Waals surface area contributed by atoms with Crippen molar-refractivity contribution in [3.05, 3.63) is 35.1 Å². The number of hydrogen-bond acceptors (Lipinski definition) is 5. The van der Waals surface area contributed by atoms with Crippen molar-refractivity contribution >= 4 is 11.9 Å². The van der Waals surface area contributed by atoms with Gasteiger partial charge in [-0.05, 0) is 55.8 Å². The Morgan fingerprint density at radius 3 is 2.68 bits per heavy atom. The SMILES string of the molecule is CC1(C)CC[C@]2(C)[C@H]3/C(=C\OC4OC(=O)C5=C4C=CC5)C(=O)O[C@]3(C)CC[C@@H]12. The van der Waals surface area contributed by atoms with Crippen LogP contribution < -0.4 is 0 Å². The van der Waals surface area contributed by atoms with E-state index in [1.54, 1.807) is 0 Å². The summed E-state index contributed by atoms with van der Waals surface area (Å²) in [6, 6.07) is 0. The van der Waals surface area contributed by atoms with Gasteiger partial charge in [0.1, 0.15) is 5.60 Å². The first-order chi connectivity index (χ1) is 13.2. The standard InChI is InChI=1S/C23H28O5/c1-21(2)10-11-22(3)16(21)8-9-23(4)17(22)15(19(25)28-23)12-26-20-14-7-5-6-13(14)18(24)27-20/h5,7,12,16-17,20H,6,8-11H2,1-4H3/b15-12+/t16-,17+,20?,22-,23+/m0/s1. The zero-order valence-corrected chi connectivity index (χ0v) is 17.0. The molecule has 2 heterocycles. The van der Waals surface area contributed by atoms with Gasteiger partial charge in [0.05, 0.1) is 17.4 Å². The molecule has 0 bridgehead atoms. The Kier molecular flexibility index (Phi) is 3.55. The third-order valence-corrected chi connectivity index (χ3v) is 8.12. The summed E-state index contributed by atoms with van der Waals surface area (Å²) in [5.41, 5.74) is 1.81. The highest BCUT2D eigenvalue weighted by Gasteiger charge is 2.66. The molecule has 5 rings (SSSR count). The first kappa shape index (κ1) is 18.0. The second-order valence-electron chi connectivity index (χ2n) is 10.2. The van der Waals surface area contributed by atoms with E-state index in [2.05, 4.69) is 27.7 Å². The second kappa shape index (κ2) is 5.52. The third kappa shape index (κ3) is 2.25. The van der Waals surface area contributed by atoms with Crippen LogP contribution in [0.5, 0.6) is 0 Å². The Morgan fingerprint density at radius 1 is 1.11 bits per heavy atom. The molecule has 150 valence electrons. The first-order valence-electron chi connectivity index (χ1n) is 10.4. The molecular formula is C23H28O5. The summed E-state index contributed by atoms with van der Waals surface area (Å²) in [5, 5.41) is 0. The maximum Gasteiger partial charge on any atom is 0.338 e. The maximum atomic E-state index is 12.8. The second-order valence-corrected chi connectivity index (χ2v) is 10.2. The van der Waals surface area contributed by atoms with Crippen LogP contribution in [0.25, 0.3) is 0 Å². The fourth-order valence-corrected chi connectivity index (χ4v) is 6.88. The summed E-state index contributed by atoms with van der Waals surface area (Å²) < 4.78 is 17.1. The molecule has 0 aromatic heterocycles. The van der Waals surface area contributed by atoms with Gasteiger partial charge in [0.2, 0.25) is 0 Å². The van der Waals surface area contributed by atoms with Crippen LogP contribution in [0, 0.1) is 22.7 Å². The Labute approximate surface area is 165 Å². The van der Waals surface area contributed by atoms with Crippen LogP contribution in [0.4, 0.5) is 0 Å². The summed E-state index contributed by atoms with van der Waals surface area (Å²) in [7, 11) is 0. The molecule has 5 nitrogen and oxygen atoms in total. The average molecular weight is 384 g/mol. The molecule has 0 aromatic carbocycles. The predicted molar refractivity (Wildman–Crippen MR) is 102 cm³/mol. The van der Waals surface area contributed by atoms with Gasteiger partial charge in [0, 0.05) is 11.5 Å². The van der Waals surface area contributed by atoms with Crippen molar-refractivity contribution in [1.82, 2.24) is 0 Å². The van der Waals surface area contributed by atoms with E-state index in [1.807, 2.05) is 12.2 Å². The lowest BCUT2D eigenvalue weighted by atomic mass is 9.53. The molecule has 5 atom stereocenters. The van der Waals surface area contributed by atoms with Crippen LogP contribution in [-0.4, -0.2) is 23.8 Å². The number of fused-ring (bicyclic) bond motifs is 3. The normalized spacial score (nSPS) is 44.4. The minimum absolute atomic E-state index is 0.00188. The van der Waals surface area contributed by atoms with Crippen LogP contribution in [0.3, 0.4) is 0 Å². The van der Waals surface area contributed by atoms with Crippen molar-refractivity contribution in [3.8, 4) is 0 Å². The molecule has 0 spiro atoms. The largest absolute Gasteiger partial charge is 0.458 e. The van der Waals surface area contributed by atoms with Gasteiger partial charge in [-0.3, -0.25) is 0 Å². The monoisotopic (exact) mass is 384 g/mol. The van der Waals surface area contributed by atoms with E-state index in [-0.39, 0.29) is 28.7 Å². The van der Waals surface area contributed by atoms with Crippen LogP contribution in [0.2, 0.25) is 0 Å². The van der Waals surface area contributed by atoms with Gasteiger partial charge in [-0.1, -0.05) is 32.9 Å². The van der Waals surface area contributed by atoms with Gasteiger partial charge in [-0.15, -0.1) is 0 Å². The molecule has 1 unspecified atom stereocenters. The number of allylic oxidation sites excluding steroid dienone is 1. The van der Waals surface area contributed by atoms with Crippen molar-refractivity contribution < 1.29 is 23.8 Å². The predicted octanol–water partition coefficient (Wildman–Crippen LogP) is 4.19. The van der Waals surface area contributed by atoms with Crippen LogP contribution in [-0.2, 0) is 23.8 Å². The van der Waals surface area contributed by atoms with Gasteiger partial charge in [0.25, 0.3) is 6.29 Å². The van der Waals surface area contributed by atoms with E-state index >= 15 is 0 Å². The zero-order valence-electron chi connectivity index (χ0n) is 17.0. The minimum atomic E-state index is -0.763. The smallest absolute Gasteiger partial charge is 0.338 e. The Morgan fingerprint density at radius 2 is 1.89 bits per heavy atom. The van der Waals surface area contributed by atoms with Crippen molar-refractivity contribution in [2.45, 2.75) is 71.7 Å². The Balaban J connectivity index is 1.48. The lowest BCUT2D eigenvalue weighted by molar-refractivity contribution is -0.155.